The van der Waals surface area contributed by atoms with Gasteiger partial charge in [-0.05, 0) is 13.3 Å². The van der Waals surface area contributed by atoms with Gasteiger partial charge in [0.2, 0.25) is 0 Å². The average molecular weight is 239 g/mol. The largest absolute Gasteiger partial charge is 0.464 e. The molecule has 1 aromatic rings. The molecule has 1 rings (SSSR count). The van der Waals surface area contributed by atoms with Gasteiger partial charge in [0.05, 0.1) is 31.6 Å². The topological polar surface area (TPSA) is 84.3 Å². The Labute approximate surface area is 100 Å². The lowest BCUT2D eigenvalue weighted by molar-refractivity contribution is 0.0593. The predicted octanol–water partition coefficient (Wildman–Crippen LogP) is 0.836. The van der Waals surface area contributed by atoms with E-state index in [1.165, 1.54) is 19.5 Å². The van der Waals surface area contributed by atoms with Crippen molar-refractivity contribution in [3.05, 3.63) is 18.1 Å². The number of carbonyl (C=O) groups is 1. The third-order valence-electron chi connectivity index (χ3n) is 2.59. The van der Waals surface area contributed by atoms with Crippen LogP contribution in [0.4, 0.5) is 5.82 Å². The molecule has 1 aromatic heterocycles. The smallest absolute Gasteiger partial charge is 0.358 e. The summed E-state index contributed by atoms with van der Waals surface area (Å²) in [5.41, 5.74) is -0.349. The number of rotatable bonds is 5. The van der Waals surface area contributed by atoms with E-state index in [0.29, 0.717) is 12.2 Å². The highest BCUT2D eigenvalue weighted by molar-refractivity contribution is 5.87. The molecule has 0 fully saturated rings. The van der Waals surface area contributed by atoms with E-state index < -0.39 is 11.5 Å². The Morgan fingerprint density at radius 1 is 1.59 bits per heavy atom. The van der Waals surface area contributed by atoms with Gasteiger partial charge in [-0.2, -0.15) is 0 Å². The van der Waals surface area contributed by atoms with Gasteiger partial charge in [0.25, 0.3) is 0 Å². The predicted molar refractivity (Wildman–Crippen MR) is 62.8 cm³/mol. The number of anilines is 1. The minimum absolute atomic E-state index is 0.0341. The van der Waals surface area contributed by atoms with Gasteiger partial charge in [-0.1, -0.05) is 6.92 Å². The molecule has 0 spiro atoms. The molecule has 0 bridgehead atoms. The fraction of sp³-hybridized carbons (Fsp3) is 0.545. The molecule has 0 aliphatic rings. The Morgan fingerprint density at radius 2 is 2.29 bits per heavy atom. The lowest BCUT2D eigenvalue weighted by atomic mass is 10.0. The number of ether oxygens (including phenoxy) is 1. The second kappa shape index (κ2) is 5.58. The van der Waals surface area contributed by atoms with Crippen molar-refractivity contribution >= 4 is 11.8 Å². The monoisotopic (exact) mass is 239 g/mol. The molecule has 2 N–H and O–H groups in total. The summed E-state index contributed by atoms with van der Waals surface area (Å²) in [6.07, 6.45) is 3.54. The average Bonchev–Trinajstić information content (AvgIpc) is 2.38. The van der Waals surface area contributed by atoms with Crippen LogP contribution in [0.3, 0.4) is 0 Å². The fourth-order valence-electron chi connectivity index (χ4n) is 1.18. The van der Waals surface area contributed by atoms with Crippen molar-refractivity contribution < 1.29 is 14.6 Å². The van der Waals surface area contributed by atoms with Crippen LogP contribution in [0.1, 0.15) is 30.8 Å². The zero-order valence-corrected chi connectivity index (χ0v) is 10.2. The number of aliphatic hydroxyl groups is 1. The van der Waals surface area contributed by atoms with Gasteiger partial charge in [0, 0.05) is 0 Å². The summed E-state index contributed by atoms with van der Waals surface area (Å²) in [5.74, 6) is -0.102. The molecular weight excluding hydrogens is 222 g/mol. The number of nitrogens with zero attached hydrogens (tertiary/aromatic N) is 2. The molecule has 0 amide bonds. The Balaban J connectivity index is 2.89. The number of aliphatic hydroxyl groups excluding tert-OH is 1. The Morgan fingerprint density at radius 3 is 2.82 bits per heavy atom. The van der Waals surface area contributed by atoms with Crippen LogP contribution in [0, 0.1) is 0 Å². The van der Waals surface area contributed by atoms with E-state index in [2.05, 4.69) is 20.0 Å². The van der Waals surface area contributed by atoms with Gasteiger partial charge >= 0.3 is 5.97 Å². The van der Waals surface area contributed by atoms with Crippen molar-refractivity contribution in [1.82, 2.24) is 9.97 Å². The molecule has 1 atom stereocenters. The van der Waals surface area contributed by atoms with Crippen molar-refractivity contribution in [3.63, 3.8) is 0 Å². The van der Waals surface area contributed by atoms with E-state index in [1.807, 2.05) is 13.8 Å². The second-order valence-electron chi connectivity index (χ2n) is 3.98. The third-order valence-corrected chi connectivity index (χ3v) is 2.59. The summed E-state index contributed by atoms with van der Waals surface area (Å²) < 4.78 is 4.56. The third kappa shape index (κ3) is 3.39. The summed E-state index contributed by atoms with van der Waals surface area (Å²) in [5, 5.41) is 12.3. The molecular formula is C11H17N3O3. The minimum Gasteiger partial charge on any atom is -0.464 e. The molecule has 17 heavy (non-hydrogen) atoms. The van der Waals surface area contributed by atoms with E-state index in [4.69, 9.17) is 0 Å². The highest BCUT2D eigenvalue weighted by Gasteiger charge is 2.21. The van der Waals surface area contributed by atoms with Crippen LogP contribution < -0.4 is 5.32 Å². The normalized spacial score (nSPS) is 13.9. The van der Waals surface area contributed by atoms with Crippen LogP contribution >= 0.6 is 0 Å². The maximum absolute atomic E-state index is 11.3. The Bertz CT molecular complexity index is 391. The van der Waals surface area contributed by atoms with Gasteiger partial charge in [-0.25, -0.2) is 9.78 Å². The number of nitrogens with one attached hydrogen (secondary N) is 1. The van der Waals surface area contributed by atoms with Crippen LogP contribution in [-0.2, 0) is 4.74 Å². The molecule has 0 aliphatic heterocycles. The van der Waals surface area contributed by atoms with E-state index in [0.717, 1.165) is 0 Å². The first kappa shape index (κ1) is 13.4. The molecule has 0 saturated heterocycles. The quantitative estimate of drug-likeness (QED) is 0.740. The van der Waals surface area contributed by atoms with Crippen molar-refractivity contribution in [1.29, 1.82) is 0 Å². The summed E-state index contributed by atoms with van der Waals surface area (Å²) in [7, 11) is 1.29. The SMILES string of the molecule is CCC(C)(CO)Nc1cncc(C(=O)OC)n1. The van der Waals surface area contributed by atoms with Crippen LogP contribution in [-0.4, -0.2) is 40.3 Å². The Kier molecular flexibility index (Phi) is 4.39. The highest BCUT2D eigenvalue weighted by Crippen LogP contribution is 2.15. The summed E-state index contributed by atoms with van der Waals surface area (Å²) in [6.45, 7) is 3.77. The van der Waals surface area contributed by atoms with Crippen molar-refractivity contribution in [2.45, 2.75) is 25.8 Å². The maximum Gasteiger partial charge on any atom is 0.358 e. The van der Waals surface area contributed by atoms with Crippen LogP contribution in [0.2, 0.25) is 0 Å². The molecule has 0 saturated carbocycles. The molecule has 1 unspecified atom stereocenters. The second-order valence-corrected chi connectivity index (χ2v) is 3.98. The van der Waals surface area contributed by atoms with Crippen molar-refractivity contribution in [3.8, 4) is 0 Å². The summed E-state index contributed by atoms with van der Waals surface area (Å²) in [6, 6.07) is 0. The standard InChI is InChI=1S/C11H17N3O3/c1-4-11(2,7-15)14-9-6-12-5-8(13-9)10(16)17-3/h5-6,15H,4,7H2,1-3H3,(H,13,14). The highest BCUT2D eigenvalue weighted by atomic mass is 16.5. The van der Waals surface area contributed by atoms with E-state index in [9.17, 15) is 9.90 Å². The fourth-order valence-corrected chi connectivity index (χ4v) is 1.18. The van der Waals surface area contributed by atoms with Gasteiger partial charge in [-0.3, -0.25) is 4.98 Å². The number of esters is 1. The molecule has 0 radical (unpaired) electrons. The molecule has 0 aliphatic carbocycles. The molecule has 6 heteroatoms. The zero-order valence-electron chi connectivity index (χ0n) is 10.2. The number of hydrogen-bond donors (Lipinski definition) is 2. The van der Waals surface area contributed by atoms with E-state index in [-0.39, 0.29) is 12.3 Å². The summed E-state index contributed by atoms with van der Waals surface area (Å²) in [4.78, 5) is 19.2. The lowest BCUT2D eigenvalue weighted by Crippen LogP contribution is -2.38. The molecule has 94 valence electrons. The summed E-state index contributed by atoms with van der Waals surface area (Å²) >= 11 is 0. The van der Waals surface area contributed by atoms with E-state index in [1.54, 1.807) is 0 Å². The van der Waals surface area contributed by atoms with Crippen LogP contribution in [0.25, 0.3) is 0 Å². The number of carbonyl (C=O) groups excluding carboxylic acids is 1. The van der Waals surface area contributed by atoms with Crippen LogP contribution in [0.15, 0.2) is 12.4 Å². The first-order chi connectivity index (χ1) is 8.04. The van der Waals surface area contributed by atoms with Crippen LogP contribution in [0.5, 0.6) is 0 Å². The molecule has 0 aromatic carbocycles. The van der Waals surface area contributed by atoms with Gasteiger partial charge in [0.15, 0.2) is 5.69 Å². The van der Waals surface area contributed by atoms with E-state index >= 15 is 0 Å². The first-order valence-electron chi connectivity index (χ1n) is 5.34. The van der Waals surface area contributed by atoms with Crippen molar-refractivity contribution in [2.24, 2.45) is 0 Å². The molecule has 6 nitrogen and oxygen atoms in total. The maximum atomic E-state index is 11.3. The number of hydrogen-bond acceptors (Lipinski definition) is 6. The number of methoxy groups -OCH3 is 1. The zero-order chi connectivity index (χ0) is 12.9. The van der Waals surface area contributed by atoms with Gasteiger partial charge in [0.1, 0.15) is 5.82 Å². The van der Waals surface area contributed by atoms with Gasteiger partial charge in [-0.15, -0.1) is 0 Å². The Hall–Kier alpha value is -1.69. The lowest BCUT2D eigenvalue weighted by Gasteiger charge is -2.27. The minimum atomic E-state index is -0.539. The van der Waals surface area contributed by atoms with Crippen molar-refractivity contribution in [2.75, 3.05) is 19.0 Å². The van der Waals surface area contributed by atoms with Gasteiger partial charge < -0.3 is 15.2 Å². The first-order valence-corrected chi connectivity index (χ1v) is 5.34. The molecule has 1 heterocycles. The number of aromatic nitrogens is 2.